The third kappa shape index (κ3) is 2.05. The smallest absolute Gasteiger partial charge is 0.232 e. The molecule has 104 valence electrons. The highest BCUT2D eigenvalue weighted by Gasteiger charge is 2.32. The molecule has 1 aromatic carbocycles. The van der Waals surface area contributed by atoms with Crippen LogP contribution >= 0.6 is 11.3 Å². The van der Waals surface area contributed by atoms with Gasteiger partial charge in [0.15, 0.2) is 0 Å². The molecule has 1 amide bonds. The van der Waals surface area contributed by atoms with Gasteiger partial charge in [0.1, 0.15) is 6.10 Å². The van der Waals surface area contributed by atoms with E-state index in [1.807, 2.05) is 43.5 Å². The Labute approximate surface area is 122 Å². The van der Waals surface area contributed by atoms with Gasteiger partial charge >= 0.3 is 0 Å². The standard InChI is InChI=1S/C16H17NO2S/c1-3-10-11-7-9(2)8-12(14(11)17-16(10)19)15(18)13-5-4-6-20-13/h4-8,10,15,18H,3H2,1-2H3,(H,17,19). The fourth-order valence-electron chi connectivity index (χ4n) is 2.84. The highest BCUT2D eigenvalue weighted by molar-refractivity contribution is 7.10. The highest BCUT2D eigenvalue weighted by Crippen LogP contribution is 2.42. The Hall–Kier alpha value is -1.65. The van der Waals surface area contributed by atoms with Crippen LogP contribution in [0.4, 0.5) is 5.69 Å². The SMILES string of the molecule is CCC1C(=O)Nc2c1cc(C)cc2C(O)c1cccs1. The minimum Gasteiger partial charge on any atom is -0.383 e. The molecule has 1 aliphatic heterocycles. The van der Waals surface area contributed by atoms with Crippen molar-refractivity contribution >= 4 is 22.9 Å². The Balaban J connectivity index is 2.12. The lowest BCUT2D eigenvalue weighted by Crippen LogP contribution is -2.11. The van der Waals surface area contributed by atoms with E-state index in [1.165, 1.54) is 11.3 Å². The average molecular weight is 287 g/mol. The first-order valence-electron chi connectivity index (χ1n) is 6.78. The van der Waals surface area contributed by atoms with Gasteiger partial charge in [-0.1, -0.05) is 30.7 Å². The van der Waals surface area contributed by atoms with Crippen LogP contribution in [-0.4, -0.2) is 11.0 Å². The van der Waals surface area contributed by atoms with Gasteiger partial charge in [0.25, 0.3) is 0 Å². The van der Waals surface area contributed by atoms with Gasteiger partial charge in [0.05, 0.1) is 11.6 Å². The topological polar surface area (TPSA) is 49.3 Å². The van der Waals surface area contributed by atoms with Crippen molar-refractivity contribution in [3.8, 4) is 0 Å². The second-order valence-corrected chi connectivity index (χ2v) is 6.17. The molecule has 0 bridgehead atoms. The maximum atomic E-state index is 12.0. The first-order valence-corrected chi connectivity index (χ1v) is 7.66. The summed E-state index contributed by atoms with van der Waals surface area (Å²) in [5, 5.41) is 15.5. The van der Waals surface area contributed by atoms with E-state index in [0.29, 0.717) is 0 Å². The van der Waals surface area contributed by atoms with Crippen molar-refractivity contribution in [1.82, 2.24) is 0 Å². The van der Waals surface area contributed by atoms with E-state index in [4.69, 9.17) is 0 Å². The van der Waals surface area contributed by atoms with E-state index in [-0.39, 0.29) is 11.8 Å². The van der Waals surface area contributed by atoms with Crippen LogP contribution in [-0.2, 0) is 4.79 Å². The summed E-state index contributed by atoms with van der Waals surface area (Å²) < 4.78 is 0. The van der Waals surface area contributed by atoms with Crippen LogP contribution in [0.2, 0.25) is 0 Å². The molecule has 0 spiro atoms. The average Bonchev–Trinajstić information content (AvgIpc) is 3.04. The van der Waals surface area contributed by atoms with Gasteiger partial charge in [-0.25, -0.2) is 0 Å². The van der Waals surface area contributed by atoms with Crippen LogP contribution in [0.25, 0.3) is 0 Å². The number of rotatable bonds is 3. The molecule has 0 aliphatic carbocycles. The van der Waals surface area contributed by atoms with E-state index in [2.05, 4.69) is 5.32 Å². The molecule has 0 radical (unpaired) electrons. The van der Waals surface area contributed by atoms with Gasteiger partial charge in [-0.2, -0.15) is 0 Å². The lowest BCUT2D eigenvalue weighted by Gasteiger charge is -2.15. The largest absolute Gasteiger partial charge is 0.383 e. The summed E-state index contributed by atoms with van der Waals surface area (Å²) in [5.41, 5.74) is 3.69. The molecule has 2 N–H and O–H groups in total. The quantitative estimate of drug-likeness (QED) is 0.906. The molecule has 0 fully saturated rings. The van der Waals surface area contributed by atoms with Gasteiger partial charge in [-0.3, -0.25) is 4.79 Å². The van der Waals surface area contributed by atoms with Crippen molar-refractivity contribution in [1.29, 1.82) is 0 Å². The summed E-state index contributed by atoms with van der Waals surface area (Å²) in [6.07, 6.45) is 0.0937. The zero-order valence-electron chi connectivity index (χ0n) is 11.5. The minimum absolute atomic E-state index is 0.0349. The van der Waals surface area contributed by atoms with Crippen LogP contribution < -0.4 is 5.32 Å². The molecular weight excluding hydrogens is 270 g/mol. The van der Waals surface area contributed by atoms with Crippen molar-refractivity contribution in [3.05, 3.63) is 51.2 Å². The number of carbonyl (C=O) groups excluding carboxylic acids is 1. The van der Waals surface area contributed by atoms with Gasteiger partial charge in [0, 0.05) is 10.4 Å². The summed E-state index contributed by atoms with van der Waals surface area (Å²) in [6.45, 7) is 4.01. The van der Waals surface area contributed by atoms with Crippen LogP contribution in [0.1, 0.15) is 46.9 Å². The predicted octanol–water partition coefficient (Wildman–Crippen LogP) is 3.58. The molecule has 20 heavy (non-hydrogen) atoms. The fraction of sp³-hybridized carbons (Fsp3) is 0.312. The molecule has 2 heterocycles. The third-order valence-electron chi connectivity index (χ3n) is 3.80. The number of fused-ring (bicyclic) bond motifs is 1. The monoisotopic (exact) mass is 287 g/mol. The molecule has 4 heteroatoms. The number of aryl methyl sites for hydroxylation is 1. The number of aliphatic hydroxyl groups excluding tert-OH is 1. The van der Waals surface area contributed by atoms with Crippen LogP contribution in [0.5, 0.6) is 0 Å². The summed E-state index contributed by atoms with van der Waals surface area (Å²) in [7, 11) is 0. The Morgan fingerprint density at radius 2 is 2.25 bits per heavy atom. The second kappa shape index (κ2) is 5.04. The van der Waals surface area contributed by atoms with E-state index in [9.17, 15) is 9.90 Å². The molecule has 0 saturated heterocycles. The van der Waals surface area contributed by atoms with Gasteiger partial charge in [-0.05, 0) is 30.4 Å². The zero-order valence-corrected chi connectivity index (χ0v) is 12.3. The van der Waals surface area contributed by atoms with E-state index < -0.39 is 6.10 Å². The number of thiophene rings is 1. The number of hydrogen-bond donors (Lipinski definition) is 2. The fourth-order valence-corrected chi connectivity index (χ4v) is 3.56. The van der Waals surface area contributed by atoms with Gasteiger partial charge < -0.3 is 10.4 Å². The third-order valence-corrected chi connectivity index (χ3v) is 4.72. The number of nitrogens with one attached hydrogen (secondary N) is 1. The van der Waals surface area contributed by atoms with E-state index >= 15 is 0 Å². The summed E-state index contributed by atoms with van der Waals surface area (Å²) in [6, 6.07) is 7.85. The zero-order chi connectivity index (χ0) is 14.3. The maximum absolute atomic E-state index is 12.0. The van der Waals surface area contributed by atoms with Crippen LogP contribution in [0.3, 0.4) is 0 Å². The number of hydrogen-bond acceptors (Lipinski definition) is 3. The molecule has 3 rings (SSSR count). The van der Waals surface area contributed by atoms with Crippen molar-refractivity contribution in [2.45, 2.75) is 32.3 Å². The normalized spacial score (nSPS) is 18.8. The first kappa shape index (κ1) is 13.3. The lowest BCUT2D eigenvalue weighted by atomic mass is 9.92. The van der Waals surface area contributed by atoms with Crippen LogP contribution in [0.15, 0.2) is 29.6 Å². The van der Waals surface area contributed by atoms with Crippen molar-refractivity contribution in [2.24, 2.45) is 0 Å². The van der Waals surface area contributed by atoms with Crippen molar-refractivity contribution in [2.75, 3.05) is 5.32 Å². The Morgan fingerprint density at radius 3 is 2.90 bits per heavy atom. The first-order chi connectivity index (χ1) is 9.61. The minimum atomic E-state index is -0.681. The molecule has 2 atom stereocenters. The molecule has 0 saturated carbocycles. The molecule has 2 aromatic rings. The van der Waals surface area contributed by atoms with Crippen molar-refractivity contribution < 1.29 is 9.90 Å². The van der Waals surface area contributed by atoms with Crippen molar-refractivity contribution in [3.63, 3.8) is 0 Å². The number of carbonyl (C=O) groups is 1. The summed E-state index contributed by atoms with van der Waals surface area (Å²) in [5.74, 6) is -0.0630. The highest BCUT2D eigenvalue weighted by atomic mass is 32.1. The Morgan fingerprint density at radius 1 is 1.45 bits per heavy atom. The number of aliphatic hydroxyl groups is 1. The Bertz CT molecular complexity index is 649. The Kier molecular flexibility index (Phi) is 3.36. The molecule has 3 nitrogen and oxygen atoms in total. The van der Waals surface area contributed by atoms with Gasteiger partial charge in [-0.15, -0.1) is 11.3 Å². The number of benzene rings is 1. The molecular formula is C16H17NO2S. The number of anilines is 1. The summed E-state index contributed by atoms with van der Waals surface area (Å²) >= 11 is 1.52. The van der Waals surface area contributed by atoms with Gasteiger partial charge in [0.2, 0.25) is 5.91 Å². The molecule has 2 unspecified atom stereocenters. The molecule has 1 aromatic heterocycles. The summed E-state index contributed by atoms with van der Waals surface area (Å²) in [4.78, 5) is 12.9. The lowest BCUT2D eigenvalue weighted by molar-refractivity contribution is -0.117. The van der Waals surface area contributed by atoms with E-state index in [0.717, 1.165) is 33.7 Å². The molecule has 1 aliphatic rings. The van der Waals surface area contributed by atoms with Crippen LogP contribution in [0, 0.1) is 6.92 Å². The second-order valence-electron chi connectivity index (χ2n) is 5.19. The number of amides is 1. The predicted molar refractivity (Wildman–Crippen MR) is 81.2 cm³/mol. The van der Waals surface area contributed by atoms with E-state index in [1.54, 1.807) is 0 Å². The maximum Gasteiger partial charge on any atom is 0.232 e.